The maximum absolute atomic E-state index is 11.7. The molecule has 0 fully saturated rings. The van der Waals surface area contributed by atoms with Crippen LogP contribution in [-0.4, -0.2) is 30.0 Å². The van der Waals surface area contributed by atoms with Gasteiger partial charge in [-0.1, -0.05) is 27.2 Å². The van der Waals surface area contributed by atoms with E-state index in [0.29, 0.717) is 0 Å². The van der Waals surface area contributed by atoms with Crippen molar-refractivity contribution in [1.29, 1.82) is 0 Å². The zero-order chi connectivity index (χ0) is 11.8. The molecule has 98 valence electrons. The highest BCUT2D eigenvalue weighted by Crippen LogP contribution is 2.07. The molecule has 16 heavy (non-hydrogen) atoms. The van der Waals surface area contributed by atoms with E-state index in [4.69, 9.17) is 5.73 Å². The molecule has 0 saturated heterocycles. The van der Waals surface area contributed by atoms with E-state index < -0.39 is 0 Å². The molecule has 0 aliphatic rings. The maximum atomic E-state index is 11.7. The van der Waals surface area contributed by atoms with Crippen LogP contribution in [0.15, 0.2) is 0 Å². The number of hydrogen-bond acceptors (Lipinski definition) is 3. The van der Waals surface area contributed by atoms with Gasteiger partial charge in [-0.2, -0.15) is 11.8 Å². The fourth-order valence-electron chi connectivity index (χ4n) is 1.27. The first-order valence-electron chi connectivity index (χ1n) is 5.61. The quantitative estimate of drug-likeness (QED) is 0.743. The first-order valence-corrected chi connectivity index (χ1v) is 7.01. The van der Waals surface area contributed by atoms with Gasteiger partial charge < -0.3 is 11.1 Å². The zero-order valence-corrected chi connectivity index (χ0v) is 12.3. The van der Waals surface area contributed by atoms with Crippen molar-refractivity contribution in [2.45, 2.75) is 45.7 Å². The predicted octanol–water partition coefficient (Wildman–Crippen LogP) is 2.04. The Morgan fingerprint density at radius 1 is 1.38 bits per heavy atom. The molecule has 0 radical (unpaired) electrons. The van der Waals surface area contributed by atoms with E-state index in [-0.39, 0.29) is 36.3 Å². The molecule has 5 heteroatoms. The number of hydrogen-bond donors (Lipinski definition) is 2. The minimum absolute atomic E-state index is 0. The molecule has 0 spiro atoms. The minimum atomic E-state index is -0.370. The molecule has 0 heterocycles. The molecule has 0 aliphatic carbocycles. The van der Waals surface area contributed by atoms with Crippen molar-refractivity contribution < 1.29 is 4.79 Å². The zero-order valence-electron chi connectivity index (χ0n) is 10.7. The van der Waals surface area contributed by atoms with E-state index in [1.165, 1.54) is 0 Å². The van der Waals surface area contributed by atoms with Crippen molar-refractivity contribution in [3.05, 3.63) is 0 Å². The molecule has 1 amide bonds. The molecule has 0 rings (SSSR count). The molecule has 0 bridgehead atoms. The van der Waals surface area contributed by atoms with Gasteiger partial charge in [0, 0.05) is 11.8 Å². The van der Waals surface area contributed by atoms with Crippen molar-refractivity contribution in [3.8, 4) is 0 Å². The van der Waals surface area contributed by atoms with Crippen molar-refractivity contribution in [3.63, 3.8) is 0 Å². The Bertz CT molecular complexity index is 193. The summed E-state index contributed by atoms with van der Waals surface area (Å²) >= 11 is 1.75. The van der Waals surface area contributed by atoms with Crippen LogP contribution in [0.2, 0.25) is 0 Å². The Morgan fingerprint density at radius 3 is 2.31 bits per heavy atom. The summed E-state index contributed by atoms with van der Waals surface area (Å²) in [4.78, 5) is 11.7. The number of nitrogens with two attached hydrogens (primary N) is 1. The average Bonchev–Trinajstić information content (AvgIpc) is 2.26. The maximum Gasteiger partial charge on any atom is 0.237 e. The molecule has 0 aliphatic heterocycles. The molecule has 0 aromatic rings. The molecule has 3 nitrogen and oxygen atoms in total. The summed E-state index contributed by atoms with van der Waals surface area (Å²) in [6, 6.07) is -0.117. The van der Waals surface area contributed by atoms with Crippen LogP contribution in [0.1, 0.15) is 33.6 Å². The number of rotatable bonds is 7. The second-order valence-electron chi connectivity index (χ2n) is 3.98. The van der Waals surface area contributed by atoms with Crippen LogP contribution in [0.5, 0.6) is 0 Å². The highest BCUT2D eigenvalue weighted by atomic mass is 35.5. The normalized spacial score (nSPS) is 15.8. The van der Waals surface area contributed by atoms with E-state index >= 15 is 0 Å². The highest BCUT2D eigenvalue weighted by molar-refractivity contribution is 7.98. The summed E-state index contributed by atoms with van der Waals surface area (Å²) in [5.74, 6) is 1.19. The Hall–Kier alpha value is 0.0700. The van der Waals surface area contributed by atoms with Gasteiger partial charge in [0.15, 0.2) is 0 Å². The molecular weight excluding hydrogens is 244 g/mol. The lowest BCUT2D eigenvalue weighted by Gasteiger charge is -2.22. The topological polar surface area (TPSA) is 55.1 Å². The van der Waals surface area contributed by atoms with Gasteiger partial charge in [0.1, 0.15) is 0 Å². The van der Waals surface area contributed by atoms with E-state index in [2.05, 4.69) is 19.2 Å². The first-order chi connectivity index (χ1) is 7.06. The number of nitrogens with one attached hydrogen (secondary N) is 1. The fraction of sp³-hybridized carbons (Fsp3) is 0.909. The lowest BCUT2D eigenvalue weighted by Crippen LogP contribution is -2.48. The third kappa shape index (κ3) is 6.61. The van der Waals surface area contributed by atoms with Gasteiger partial charge in [-0.3, -0.25) is 4.79 Å². The van der Waals surface area contributed by atoms with Crippen molar-refractivity contribution in [1.82, 2.24) is 5.32 Å². The summed E-state index contributed by atoms with van der Waals surface area (Å²) in [7, 11) is 0. The first kappa shape index (κ1) is 18.4. The van der Waals surface area contributed by atoms with E-state index in [1.54, 1.807) is 11.8 Å². The van der Waals surface area contributed by atoms with Crippen LogP contribution < -0.4 is 11.1 Å². The Labute approximate surface area is 110 Å². The van der Waals surface area contributed by atoms with Gasteiger partial charge in [-0.05, 0) is 18.6 Å². The standard InChI is InChI=1S/C11H24N2OS.ClH/c1-5-8(3)10(12)11(14)13-9(6-2)7-15-4;/h8-10H,5-7,12H2,1-4H3,(H,13,14);1H. The molecule has 3 atom stereocenters. The summed E-state index contributed by atoms with van der Waals surface area (Å²) in [6.45, 7) is 6.15. The Balaban J connectivity index is 0. The van der Waals surface area contributed by atoms with Gasteiger partial charge in [0.05, 0.1) is 6.04 Å². The summed E-state index contributed by atoms with van der Waals surface area (Å²) < 4.78 is 0. The number of carbonyl (C=O) groups is 1. The monoisotopic (exact) mass is 268 g/mol. The van der Waals surface area contributed by atoms with Gasteiger partial charge in [-0.15, -0.1) is 12.4 Å². The van der Waals surface area contributed by atoms with Crippen LogP contribution in [0.4, 0.5) is 0 Å². The number of halogens is 1. The summed E-state index contributed by atoms with van der Waals surface area (Å²) in [5, 5.41) is 3.00. The number of amides is 1. The second-order valence-corrected chi connectivity index (χ2v) is 4.89. The summed E-state index contributed by atoms with van der Waals surface area (Å²) in [6.07, 6.45) is 3.94. The lowest BCUT2D eigenvalue weighted by atomic mass is 9.99. The third-order valence-corrected chi connectivity index (χ3v) is 3.50. The van der Waals surface area contributed by atoms with Crippen LogP contribution in [0.25, 0.3) is 0 Å². The Kier molecular flexibility index (Phi) is 11.8. The molecule has 0 saturated carbocycles. The molecule has 3 N–H and O–H groups in total. The smallest absolute Gasteiger partial charge is 0.237 e. The highest BCUT2D eigenvalue weighted by Gasteiger charge is 2.21. The summed E-state index contributed by atoms with van der Waals surface area (Å²) in [5.41, 5.74) is 5.85. The lowest BCUT2D eigenvalue weighted by molar-refractivity contribution is -0.124. The van der Waals surface area contributed by atoms with Gasteiger partial charge >= 0.3 is 0 Å². The fourth-order valence-corrected chi connectivity index (χ4v) is 1.99. The molecule has 0 aromatic heterocycles. The van der Waals surface area contributed by atoms with Crippen molar-refractivity contribution in [2.75, 3.05) is 12.0 Å². The Morgan fingerprint density at radius 2 is 1.94 bits per heavy atom. The average molecular weight is 269 g/mol. The van der Waals surface area contributed by atoms with Crippen molar-refractivity contribution in [2.24, 2.45) is 11.7 Å². The van der Waals surface area contributed by atoms with Crippen LogP contribution in [0.3, 0.4) is 0 Å². The van der Waals surface area contributed by atoms with Crippen LogP contribution in [0, 0.1) is 5.92 Å². The van der Waals surface area contributed by atoms with E-state index in [1.807, 2.05) is 13.2 Å². The molecular formula is C11H25ClN2OS. The van der Waals surface area contributed by atoms with Crippen LogP contribution >= 0.6 is 24.2 Å². The van der Waals surface area contributed by atoms with Crippen LogP contribution in [-0.2, 0) is 4.79 Å². The van der Waals surface area contributed by atoms with Gasteiger partial charge in [0.25, 0.3) is 0 Å². The van der Waals surface area contributed by atoms with E-state index in [9.17, 15) is 4.79 Å². The predicted molar refractivity (Wildman–Crippen MR) is 75.3 cm³/mol. The van der Waals surface area contributed by atoms with E-state index in [0.717, 1.165) is 18.6 Å². The largest absolute Gasteiger partial charge is 0.351 e. The van der Waals surface area contributed by atoms with Gasteiger partial charge in [0.2, 0.25) is 5.91 Å². The second kappa shape index (κ2) is 10.2. The van der Waals surface area contributed by atoms with Crippen molar-refractivity contribution >= 4 is 30.1 Å². The minimum Gasteiger partial charge on any atom is -0.351 e. The molecule has 0 aromatic carbocycles. The molecule has 3 unspecified atom stereocenters. The SMILES string of the molecule is CCC(CSC)NC(=O)C(N)C(C)CC.Cl. The van der Waals surface area contributed by atoms with Gasteiger partial charge in [-0.25, -0.2) is 0 Å². The third-order valence-electron chi connectivity index (χ3n) is 2.77. The number of thioether (sulfide) groups is 1. The number of carbonyl (C=O) groups excluding carboxylic acids is 1.